The molecule has 1 amide bonds. The highest BCUT2D eigenvalue weighted by Crippen LogP contribution is 1.98. The molecule has 4 nitrogen and oxygen atoms in total. The summed E-state index contributed by atoms with van der Waals surface area (Å²) in [6.45, 7) is 0.460. The van der Waals surface area contributed by atoms with Crippen molar-refractivity contribution in [1.82, 2.24) is 5.32 Å². The van der Waals surface area contributed by atoms with Gasteiger partial charge in [-0.2, -0.15) is 11.8 Å². The number of carboxylic acid groups (broad SMARTS) is 1. The average Bonchev–Trinajstić information content (AvgIpc) is 1.96. The van der Waals surface area contributed by atoms with Crippen LogP contribution in [0.3, 0.4) is 0 Å². The number of rotatable bonds is 6. The average molecular weight is 177 g/mol. The molecule has 0 unspecified atom stereocenters. The van der Waals surface area contributed by atoms with E-state index in [4.69, 9.17) is 5.11 Å². The smallest absolute Gasteiger partial charge is 0.404 e. The second-order valence-corrected chi connectivity index (χ2v) is 2.98. The van der Waals surface area contributed by atoms with Crippen molar-refractivity contribution < 1.29 is 14.7 Å². The largest absolute Gasteiger partial charge is 0.465 e. The Morgan fingerprint density at radius 2 is 2.36 bits per heavy atom. The van der Waals surface area contributed by atoms with E-state index < -0.39 is 6.09 Å². The van der Waals surface area contributed by atoms with E-state index in [0.717, 1.165) is 18.5 Å². The third-order valence-electron chi connectivity index (χ3n) is 0.928. The van der Waals surface area contributed by atoms with Gasteiger partial charge in [0.1, 0.15) is 6.29 Å². The second-order valence-electron chi connectivity index (χ2n) is 1.83. The number of nitrogens with one attached hydrogen (secondary N) is 1. The maximum absolute atomic E-state index is 9.91. The second kappa shape index (κ2) is 7.40. The minimum Gasteiger partial charge on any atom is -0.465 e. The van der Waals surface area contributed by atoms with Crippen LogP contribution in [0.5, 0.6) is 0 Å². The first-order valence-corrected chi connectivity index (χ1v) is 4.41. The number of aldehydes is 1. The van der Waals surface area contributed by atoms with Gasteiger partial charge >= 0.3 is 6.09 Å². The molecule has 5 heteroatoms. The predicted octanol–water partition coefficient (Wildman–Crippen LogP) is 0.576. The van der Waals surface area contributed by atoms with Gasteiger partial charge in [-0.25, -0.2) is 4.79 Å². The van der Waals surface area contributed by atoms with Crippen LogP contribution in [0.4, 0.5) is 4.79 Å². The summed E-state index contributed by atoms with van der Waals surface area (Å²) < 4.78 is 0. The molecule has 0 aliphatic rings. The summed E-state index contributed by atoms with van der Waals surface area (Å²) in [5.41, 5.74) is 0. The van der Waals surface area contributed by atoms with E-state index in [1.165, 1.54) is 11.8 Å². The maximum atomic E-state index is 9.91. The third kappa shape index (κ3) is 9.29. The first kappa shape index (κ1) is 10.3. The highest BCUT2D eigenvalue weighted by Gasteiger charge is 1.92. The molecule has 2 N–H and O–H groups in total. The number of carbonyl (C=O) groups is 2. The molecule has 0 aromatic heterocycles. The first-order valence-electron chi connectivity index (χ1n) is 3.25. The van der Waals surface area contributed by atoms with Crippen molar-refractivity contribution >= 4 is 24.1 Å². The van der Waals surface area contributed by atoms with Crippen molar-refractivity contribution in [3.8, 4) is 0 Å². The van der Waals surface area contributed by atoms with Crippen LogP contribution in [-0.2, 0) is 4.79 Å². The lowest BCUT2D eigenvalue weighted by molar-refractivity contribution is -0.105. The van der Waals surface area contributed by atoms with Crippen LogP contribution in [0.1, 0.15) is 6.42 Å². The summed E-state index contributed by atoms with van der Waals surface area (Å²) in [4.78, 5) is 19.7. The maximum Gasteiger partial charge on any atom is 0.404 e. The van der Waals surface area contributed by atoms with Gasteiger partial charge in [0.25, 0.3) is 0 Å². The zero-order valence-corrected chi connectivity index (χ0v) is 6.89. The summed E-state index contributed by atoms with van der Waals surface area (Å²) >= 11 is 1.50. The Hall–Kier alpha value is -0.710. The molecule has 0 radical (unpaired) electrons. The Morgan fingerprint density at radius 1 is 1.64 bits per heavy atom. The van der Waals surface area contributed by atoms with Gasteiger partial charge in [-0.3, -0.25) is 0 Å². The molecule has 0 fully saturated rings. The molecule has 0 saturated heterocycles. The van der Waals surface area contributed by atoms with Gasteiger partial charge in [-0.15, -0.1) is 0 Å². The van der Waals surface area contributed by atoms with E-state index >= 15 is 0 Å². The van der Waals surface area contributed by atoms with Crippen LogP contribution >= 0.6 is 11.8 Å². The normalized spacial score (nSPS) is 9.09. The summed E-state index contributed by atoms with van der Waals surface area (Å²) in [6.07, 6.45) is 0.616. The molecule has 0 atom stereocenters. The van der Waals surface area contributed by atoms with Gasteiger partial charge in [-0.05, 0) is 12.2 Å². The quantitative estimate of drug-likeness (QED) is 0.460. The van der Waals surface area contributed by atoms with Crippen molar-refractivity contribution in [3.05, 3.63) is 0 Å². The zero-order chi connectivity index (χ0) is 8.53. The Labute approximate surface area is 69.4 Å². The number of thioether (sulfide) groups is 1. The van der Waals surface area contributed by atoms with E-state index in [1.54, 1.807) is 0 Å². The molecule has 0 aromatic carbocycles. The van der Waals surface area contributed by atoms with E-state index in [-0.39, 0.29) is 0 Å². The molecule has 0 spiro atoms. The lowest BCUT2D eigenvalue weighted by atomic mass is 10.5. The molecule has 0 aliphatic heterocycles. The SMILES string of the molecule is O=CCSCCCNC(=O)O. The van der Waals surface area contributed by atoms with Crippen LogP contribution < -0.4 is 5.32 Å². The first-order chi connectivity index (χ1) is 5.27. The number of hydrogen-bond donors (Lipinski definition) is 2. The van der Waals surface area contributed by atoms with E-state index in [2.05, 4.69) is 5.32 Å². The summed E-state index contributed by atoms with van der Waals surface area (Å²) in [5, 5.41) is 10.4. The molecule has 11 heavy (non-hydrogen) atoms. The Kier molecular flexibility index (Phi) is 6.92. The standard InChI is InChI=1S/C6H11NO3S/c8-3-5-11-4-1-2-7-6(9)10/h3,7H,1-2,4-5H2,(H,9,10). The van der Waals surface area contributed by atoms with Gasteiger partial charge in [-0.1, -0.05) is 0 Å². The molecule has 0 rings (SSSR count). The number of carbonyl (C=O) groups excluding carboxylic acids is 1. The van der Waals surface area contributed by atoms with Crippen LogP contribution in [0.2, 0.25) is 0 Å². The van der Waals surface area contributed by atoms with Gasteiger partial charge < -0.3 is 15.2 Å². The van der Waals surface area contributed by atoms with Crippen molar-refractivity contribution in [2.45, 2.75) is 6.42 Å². The molecule has 0 saturated carbocycles. The Bertz CT molecular complexity index is 129. The van der Waals surface area contributed by atoms with Gasteiger partial charge in [0.15, 0.2) is 0 Å². The van der Waals surface area contributed by atoms with Crippen molar-refractivity contribution in [2.24, 2.45) is 0 Å². The van der Waals surface area contributed by atoms with Gasteiger partial charge in [0, 0.05) is 12.3 Å². The number of hydrogen-bond acceptors (Lipinski definition) is 3. The van der Waals surface area contributed by atoms with Gasteiger partial charge in [0.05, 0.1) is 0 Å². The predicted molar refractivity (Wildman–Crippen MR) is 44.0 cm³/mol. The number of amides is 1. The zero-order valence-electron chi connectivity index (χ0n) is 6.08. The minimum atomic E-state index is -0.995. The van der Waals surface area contributed by atoms with Crippen molar-refractivity contribution in [2.75, 3.05) is 18.1 Å². The molecule has 0 aliphatic carbocycles. The van der Waals surface area contributed by atoms with Crippen LogP contribution in [0.15, 0.2) is 0 Å². The fourth-order valence-corrected chi connectivity index (χ4v) is 1.11. The minimum absolute atomic E-state index is 0.460. The molecule has 64 valence electrons. The highest BCUT2D eigenvalue weighted by atomic mass is 32.2. The molecular weight excluding hydrogens is 166 g/mol. The van der Waals surface area contributed by atoms with Crippen LogP contribution in [0, 0.1) is 0 Å². The van der Waals surface area contributed by atoms with Crippen LogP contribution in [-0.4, -0.2) is 35.5 Å². The molecule has 0 heterocycles. The monoisotopic (exact) mass is 177 g/mol. The van der Waals surface area contributed by atoms with Crippen molar-refractivity contribution in [3.63, 3.8) is 0 Å². The third-order valence-corrected chi connectivity index (χ3v) is 1.88. The lowest BCUT2D eigenvalue weighted by Crippen LogP contribution is -2.22. The molecule has 0 bridgehead atoms. The topological polar surface area (TPSA) is 66.4 Å². The van der Waals surface area contributed by atoms with E-state index in [1.807, 2.05) is 0 Å². The fraction of sp³-hybridized carbons (Fsp3) is 0.667. The van der Waals surface area contributed by atoms with E-state index in [9.17, 15) is 9.59 Å². The Balaban J connectivity index is 2.90. The lowest BCUT2D eigenvalue weighted by Gasteiger charge is -1.98. The van der Waals surface area contributed by atoms with E-state index in [0.29, 0.717) is 12.3 Å². The summed E-state index contributed by atoms with van der Waals surface area (Å²) in [5.74, 6) is 1.31. The fourth-order valence-electron chi connectivity index (χ4n) is 0.501. The van der Waals surface area contributed by atoms with Crippen molar-refractivity contribution in [1.29, 1.82) is 0 Å². The van der Waals surface area contributed by atoms with Crippen LogP contribution in [0.25, 0.3) is 0 Å². The summed E-state index contributed by atoms with van der Waals surface area (Å²) in [7, 11) is 0. The highest BCUT2D eigenvalue weighted by molar-refractivity contribution is 7.99. The molecule has 0 aromatic rings. The Morgan fingerprint density at radius 3 is 2.91 bits per heavy atom. The summed E-state index contributed by atoms with van der Waals surface area (Å²) in [6, 6.07) is 0. The van der Waals surface area contributed by atoms with Gasteiger partial charge in [0.2, 0.25) is 0 Å². The molecular formula is C6H11NO3S.